The molecule has 3 unspecified atom stereocenters. The lowest BCUT2D eigenvalue weighted by Gasteiger charge is -2.22. The zero-order chi connectivity index (χ0) is 13.1. The smallest absolute Gasteiger partial charge is 0.123 e. The molecule has 1 aromatic carbocycles. The van der Waals surface area contributed by atoms with E-state index in [0.717, 1.165) is 12.0 Å². The summed E-state index contributed by atoms with van der Waals surface area (Å²) >= 11 is 6.07. The van der Waals surface area contributed by atoms with Crippen molar-refractivity contribution in [2.75, 3.05) is 6.61 Å². The third-order valence-corrected chi connectivity index (χ3v) is 3.83. The summed E-state index contributed by atoms with van der Waals surface area (Å²) in [7, 11) is 0. The summed E-state index contributed by atoms with van der Waals surface area (Å²) in [6, 6.07) is 4.45. The summed E-state index contributed by atoms with van der Waals surface area (Å²) in [5, 5.41) is 0.573. The summed E-state index contributed by atoms with van der Waals surface area (Å²) in [4.78, 5) is 0. The van der Waals surface area contributed by atoms with E-state index >= 15 is 0 Å². The molecule has 1 fully saturated rings. The maximum atomic E-state index is 13.2. The van der Waals surface area contributed by atoms with Gasteiger partial charge in [-0.2, -0.15) is 0 Å². The molecule has 18 heavy (non-hydrogen) atoms. The van der Waals surface area contributed by atoms with Crippen LogP contribution in [0.15, 0.2) is 18.2 Å². The van der Waals surface area contributed by atoms with Crippen molar-refractivity contribution < 1.29 is 9.13 Å². The van der Waals surface area contributed by atoms with E-state index in [4.69, 9.17) is 22.2 Å². The third kappa shape index (κ3) is 3.20. The molecule has 0 saturated carbocycles. The first-order valence-electron chi connectivity index (χ1n) is 6.11. The van der Waals surface area contributed by atoms with Crippen LogP contribution in [0, 0.1) is 11.7 Å². The van der Waals surface area contributed by atoms with Gasteiger partial charge in [0.25, 0.3) is 0 Å². The van der Waals surface area contributed by atoms with Gasteiger partial charge in [-0.1, -0.05) is 11.6 Å². The average molecular weight is 273 g/mol. The van der Waals surface area contributed by atoms with Crippen molar-refractivity contribution >= 4 is 11.6 Å². The van der Waals surface area contributed by atoms with Gasteiger partial charge in [-0.3, -0.25) is 11.3 Å². The van der Waals surface area contributed by atoms with Crippen molar-refractivity contribution in [3.05, 3.63) is 34.6 Å². The van der Waals surface area contributed by atoms with E-state index in [1.165, 1.54) is 12.1 Å². The van der Waals surface area contributed by atoms with Crippen molar-refractivity contribution in [3.8, 4) is 0 Å². The number of hydrazine groups is 1. The van der Waals surface area contributed by atoms with Crippen LogP contribution in [-0.2, 0) is 11.2 Å². The number of halogens is 2. The molecule has 0 amide bonds. The van der Waals surface area contributed by atoms with E-state index in [2.05, 4.69) is 5.43 Å². The normalized spacial score (nSPS) is 25.3. The SMILES string of the molecule is CC1CC(C(Cc2cc(F)ccc2Cl)NN)CO1. The molecule has 0 radical (unpaired) electrons. The molecule has 0 bridgehead atoms. The van der Waals surface area contributed by atoms with Gasteiger partial charge in [-0.05, 0) is 43.5 Å². The second-order valence-electron chi connectivity index (χ2n) is 4.85. The van der Waals surface area contributed by atoms with E-state index in [9.17, 15) is 4.39 Å². The van der Waals surface area contributed by atoms with Gasteiger partial charge in [0.2, 0.25) is 0 Å². The van der Waals surface area contributed by atoms with Gasteiger partial charge in [0.15, 0.2) is 0 Å². The number of hydrogen-bond acceptors (Lipinski definition) is 3. The Morgan fingerprint density at radius 3 is 3.00 bits per heavy atom. The summed E-state index contributed by atoms with van der Waals surface area (Å²) < 4.78 is 18.7. The Morgan fingerprint density at radius 2 is 2.39 bits per heavy atom. The third-order valence-electron chi connectivity index (χ3n) is 3.46. The van der Waals surface area contributed by atoms with Crippen LogP contribution < -0.4 is 11.3 Å². The van der Waals surface area contributed by atoms with Gasteiger partial charge in [-0.15, -0.1) is 0 Å². The molecule has 0 spiro atoms. The van der Waals surface area contributed by atoms with Gasteiger partial charge in [-0.25, -0.2) is 4.39 Å². The summed E-state index contributed by atoms with van der Waals surface area (Å²) in [6.45, 7) is 2.73. The van der Waals surface area contributed by atoms with Crippen molar-refractivity contribution in [2.24, 2.45) is 11.8 Å². The number of nitrogens with one attached hydrogen (secondary N) is 1. The minimum absolute atomic E-state index is 0.0502. The van der Waals surface area contributed by atoms with Crippen LogP contribution in [0.1, 0.15) is 18.9 Å². The van der Waals surface area contributed by atoms with Gasteiger partial charge in [0.1, 0.15) is 5.82 Å². The Kier molecular flexibility index (Phi) is 4.56. The topological polar surface area (TPSA) is 47.3 Å². The summed E-state index contributed by atoms with van der Waals surface area (Å²) in [5.41, 5.74) is 3.58. The van der Waals surface area contributed by atoms with E-state index in [1.54, 1.807) is 6.07 Å². The Bertz CT molecular complexity index is 416. The minimum atomic E-state index is -0.277. The number of rotatable bonds is 4. The standard InChI is InChI=1S/C13H18ClFN2O/c1-8-4-10(7-18-8)13(17-16)6-9-5-11(15)2-3-12(9)14/h2-3,5,8,10,13,17H,4,6-7,16H2,1H3. The lowest BCUT2D eigenvalue weighted by molar-refractivity contribution is 0.117. The van der Waals surface area contributed by atoms with Crippen LogP contribution in [0.25, 0.3) is 0 Å². The monoisotopic (exact) mass is 272 g/mol. The van der Waals surface area contributed by atoms with Gasteiger partial charge in [0.05, 0.1) is 12.7 Å². The molecule has 1 aliphatic rings. The highest BCUT2D eigenvalue weighted by molar-refractivity contribution is 6.31. The van der Waals surface area contributed by atoms with Crippen LogP contribution in [0.2, 0.25) is 5.02 Å². The molecular weight excluding hydrogens is 255 g/mol. The second kappa shape index (κ2) is 5.97. The molecule has 5 heteroatoms. The van der Waals surface area contributed by atoms with Crippen molar-refractivity contribution in [2.45, 2.75) is 31.9 Å². The summed E-state index contributed by atoms with van der Waals surface area (Å²) in [5.74, 6) is 5.65. The summed E-state index contributed by atoms with van der Waals surface area (Å²) in [6.07, 6.45) is 1.82. The zero-order valence-electron chi connectivity index (χ0n) is 10.3. The van der Waals surface area contributed by atoms with Crippen molar-refractivity contribution in [1.29, 1.82) is 0 Å². The van der Waals surface area contributed by atoms with Crippen LogP contribution in [0.4, 0.5) is 4.39 Å². The Labute approximate surface area is 111 Å². The van der Waals surface area contributed by atoms with Crippen molar-refractivity contribution in [1.82, 2.24) is 5.43 Å². The maximum absolute atomic E-state index is 13.2. The van der Waals surface area contributed by atoms with Crippen LogP contribution in [0.5, 0.6) is 0 Å². The molecule has 0 aliphatic carbocycles. The van der Waals surface area contributed by atoms with Gasteiger partial charge < -0.3 is 4.74 Å². The van der Waals surface area contributed by atoms with Crippen molar-refractivity contribution in [3.63, 3.8) is 0 Å². The quantitative estimate of drug-likeness (QED) is 0.653. The highest BCUT2D eigenvalue weighted by Gasteiger charge is 2.29. The largest absolute Gasteiger partial charge is 0.378 e. The molecule has 1 aromatic rings. The number of benzene rings is 1. The molecule has 3 atom stereocenters. The van der Waals surface area contributed by atoms with E-state index < -0.39 is 0 Å². The zero-order valence-corrected chi connectivity index (χ0v) is 11.1. The first kappa shape index (κ1) is 13.7. The molecular formula is C13H18ClFN2O. The average Bonchev–Trinajstić information content (AvgIpc) is 2.77. The Balaban J connectivity index is 2.08. The molecule has 100 valence electrons. The lowest BCUT2D eigenvalue weighted by atomic mass is 9.92. The highest BCUT2D eigenvalue weighted by Crippen LogP contribution is 2.26. The fourth-order valence-corrected chi connectivity index (χ4v) is 2.62. The Hall–Kier alpha value is -0.680. The highest BCUT2D eigenvalue weighted by atomic mass is 35.5. The predicted octanol–water partition coefficient (Wildman–Crippen LogP) is 2.28. The first-order chi connectivity index (χ1) is 8.60. The van der Waals surface area contributed by atoms with E-state index in [-0.39, 0.29) is 18.0 Å². The first-order valence-corrected chi connectivity index (χ1v) is 6.49. The van der Waals surface area contributed by atoms with Gasteiger partial charge >= 0.3 is 0 Å². The van der Waals surface area contributed by atoms with Crippen LogP contribution in [-0.4, -0.2) is 18.8 Å². The molecule has 3 nitrogen and oxygen atoms in total. The fraction of sp³-hybridized carbons (Fsp3) is 0.538. The molecule has 1 saturated heterocycles. The fourth-order valence-electron chi connectivity index (χ4n) is 2.43. The van der Waals surface area contributed by atoms with Gasteiger partial charge in [0, 0.05) is 17.0 Å². The molecule has 2 rings (SSSR count). The van der Waals surface area contributed by atoms with E-state index in [1.807, 2.05) is 6.92 Å². The maximum Gasteiger partial charge on any atom is 0.123 e. The van der Waals surface area contributed by atoms with Crippen LogP contribution >= 0.6 is 11.6 Å². The number of nitrogens with two attached hydrogens (primary N) is 1. The molecule has 0 aromatic heterocycles. The molecule has 3 N–H and O–H groups in total. The Morgan fingerprint density at radius 1 is 1.61 bits per heavy atom. The molecule has 1 heterocycles. The number of ether oxygens (including phenoxy) is 1. The second-order valence-corrected chi connectivity index (χ2v) is 5.26. The molecule has 1 aliphatic heterocycles. The minimum Gasteiger partial charge on any atom is -0.378 e. The number of hydrogen-bond donors (Lipinski definition) is 2. The van der Waals surface area contributed by atoms with E-state index in [0.29, 0.717) is 24.0 Å². The lowest BCUT2D eigenvalue weighted by Crippen LogP contribution is -2.42. The van der Waals surface area contributed by atoms with Crippen LogP contribution in [0.3, 0.4) is 0 Å². The predicted molar refractivity (Wildman–Crippen MR) is 69.7 cm³/mol.